The maximum absolute atomic E-state index is 11.3. The molecule has 0 aromatic rings. The molecule has 2 atom stereocenters. The summed E-state index contributed by atoms with van der Waals surface area (Å²) in [6.45, 7) is 6.66. The van der Waals surface area contributed by atoms with Crippen molar-refractivity contribution in [1.82, 2.24) is 10.6 Å². The van der Waals surface area contributed by atoms with Crippen molar-refractivity contribution in [3.63, 3.8) is 0 Å². The van der Waals surface area contributed by atoms with Crippen molar-refractivity contribution < 1.29 is 9.53 Å². The summed E-state index contributed by atoms with van der Waals surface area (Å²) in [5.41, 5.74) is 0. The van der Waals surface area contributed by atoms with Gasteiger partial charge in [0.05, 0.1) is 0 Å². The van der Waals surface area contributed by atoms with Gasteiger partial charge in [-0.1, -0.05) is 6.92 Å². The molecule has 1 amide bonds. The molecule has 0 bridgehead atoms. The van der Waals surface area contributed by atoms with Gasteiger partial charge >= 0.3 is 0 Å². The smallest absolute Gasteiger partial charge is 0.246 e. The molecule has 1 aliphatic heterocycles. The van der Waals surface area contributed by atoms with Crippen LogP contribution in [-0.4, -0.2) is 38.3 Å². The van der Waals surface area contributed by atoms with Crippen LogP contribution in [0.2, 0.25) is 0 Å². The van der Waals surface area contributed by atoms with Crippen LogP contribution in [-0.2, 0) is 9.53 Å². The van der Waals surface area contributed by atoms with E-state index in [2.05, 4.69) is 17.6 Å². The van der Waals surface area contributed by atoms with E-state index in [1.807, 2.05) is 6.92 Å². The standard InChI is InChI=1S/C11H22N2O2/c1-3-15-8-11(14)13-7-10-9(2)5-4-6-12-10/h9-10,12H,3-8H2,1-2H3,(H,13,14). The van der Waals surface area contributed by atoms with Gasteiger partial charge in [0, 0.05) is 19.2 Å². The second kappa shape index (κ2) is 6.80. The molecule has 1 fully saturated rings. The number of carbonyl (C=O) groups excluding carboxylic acids is 1. The largest absolute Gasteiger partial charge is 0.372 e. The molecule has 4 heteroatoms. The first-order chi connectivity index (χ1) is 7.24. The molecule has 4 nitrogen and oxygen atoms in total. The second-order valence-corrected chi connectivity index (χ2v) is 4.12. The molecule has 2 N–H and O–H groups in total. The average Bonchev–Trinajstić information content (AvgIpc) is 2.25. The highest BCUT2D eigenvalue weighted by atomic mass is 16.5. The highest BCUT2D eigenvalue weighted by Crippen LogP contribution is 2.14. The van der Waals surface area contributed by atoms with Gasteiger partial charge in [0.15, 0.2) is 0 Å². The van der Waals surface area contributed by atoms with Crippen molar-refractivity contribution in [2.24, 2.45) is 5.92 Å². The molecular weight excluding hydrogens is 192 g/mol. The SMILES string of the molecule is CCOCC(=O)NCC1NCCCC1C. The van der Waals surface area contributed by atoms with Gasteiger partial charge in [0.2, 0.25) is 5.91 Å². The number of hydrogen-bond donors (Lipinski definition) is 2. The molecule has 1 saturated heterocycles. The van der Waals surface area contributed by atoms with E-state index in [1.165, 1.54) is 12.8 Å². The Morgan fingerprint density at radius 1 is 1.60 bits per heavy atom. The number of nitrogens with one attached hydrogen (secondary N) is 2. The van der Waals surface area contributed by atoms with Gasteiger partial charge < -0.3 is 15.4 Å². The number of hydrogen-bond acceptors (Lipinski definition) is 3. The minimum absolute atomic E-state index is 0.0172. The first kappa shape index (κ1) is 12.5. The summed E-state index contributed by atoms with van der Waals surface area (Å²) < 4.78 is 5.03. The Kier molecular flexibility index (Phi) is 5.65. The number of carbonyl (C=O) groups is 1. The fourth-order valence-electron chi connectivity index (χ4n) is 1.86. The van der Waals surface area contributed by atoms with Gasteiger partial charge in [-0.3, -0.25) is 4.79 Å². The highest BCUT2D eigenvalue weighted by Gasteiger charge is 2.20. The predicted octanol–water partition coefficient (Wildman–Crippen LogP) is 0.527. The maximum Gasteiger partial charge on any atom is 0.246 e. The van der Waals surface area contributed by atoms with E-state index in [1.54, 1.807) is 0 Å². The lowest BCUT2D eigenvalue weighted by atomic mass is 9.93. The molecule has 0 aromatic carbocycles. The predicted molar refractivity (Wildman–Crippen MR) is 59.7 cm³/mol. The summed E-state index contributed by atoms with van der Waals surface area (Å²) >= 11 is 0. The third kappa shape index (κ3) is 4.62. The van der Waals surface area contributed by atoms with Crippen molar-refractivity contribution in [1.29, 1.82) is 0 Å². The molecule has 0 saturated carbocycles. The summed E-state index contributed by atoms with van der Waals surface area (Å²) in [6.07, 6.45) is 2.49. The van der Waals surface area contributed by atoms with Crippen LogP contribution < -0.4 is 10.6 Å². The fraction of sp³-hybridized carbons (Fsp3) is 0.909. The van der Waals surface area contributed by atoms with E-state index in [0.717, 1.165) is 6.54 Å². The summed E-state index contributed by atoms with van der Waals surface area (Å²) in [5.74, 6) is 0.627. The summed E-state index contributed by atoms with van der Waals surface area (Å²) in [6, 6.07) is 0.421. The zero-order valence-corrected chi connectivity index (χ0v) is 9.71. The van der Waals surface area contributed by atoms with E-state index >= 15 is 0 Å². The Balaban J connectivity index is 2.14. The zero-order valence-electron chi connectivity index (χ0n) is 9.71. The Bertz CT molecular complexity index is 197. The minimum atomic E-state index is -0.0172. The number of amides is 1. The summed E-state index contributed by atoms with van der Waals surface area (Å²) in [7, 11) is 0. The Morgan fingerprint density at radius 3 is 3.07 bits per heavy atom. The van der Waals surface area contributed by atoms with E-state index in [0.29, 0.717) is 25.1 Å². The molecule has 15 heavy (non-hydrogen) atoms. The van der Waals surface area contributed by atoms with Gasteiger partial charge in [0.25, 0.3) is 0 Å². The molecule has 1 aliphatic rings. The Labute approximate surface area is 91.8 Å². The third-order valence-electron chi connectivity index (χ3n) is 2.89. The van der Waals surface area contributed by atoms with Crippen LogP contribution in [0.5, 0.6) is 0 Å². The second-order valence-electron chi connectivity index (χ2n) is 4.12. The van der Waals surface area contributed by atoms with Gasteiger partial charge in [-0.25, -0.2) is 0 Å². The number of ether oxygens (including phenoxy) is 1. The van der Waals surface area contributed by atoms with Crippen LogP contribution in [0, 0.1) is 5.92 Å². The van der Waals surface area contributed by atoms with E-state index < -0.39 is 0 Å². The van der Waals surface area contributed by atoms with Crippen LogP contribution >= 0.6 is 0 Å². The van der Waals surface area contributed by atoms with E-state index in [-0.39, 0.29) is 12.5 Å². The van der Waals surface area contributed by atoms with E-state index in [4.69, 9.17) is 4.74 Å². The first-order valence-electron chi connectivity index (χ1n) is 5.82. The van der Waals surface area contributed by atoms with E-state index in [9.17, 15) is 4.79 Å². The molecule has 0 aliphatic carbocycles. The van der Waals surface area contributed by atoms with Gasteiger partial charge in [0.1, 0.15) is 6.61 Å². The maximum atomic E-state index is 11.3. The topological polar surface area (TPSA) is 50.4 Å². The van der Waals surface area contributed by atoms with Gasteiger partial charge in [-0.15, -0.1) is 0 Å². The molecular formula is C11H22N2O2. The lowest BCUT2D eigenvalue weighted by Crippen LogP contribution is -2.48. The number of rotatable bonds is 5. The van der Waals surface area contributed by atoms with Crippen LogP contribution in [0.25, 0.3) is 0 Å². The van der Waals surface area contributed by atoms with Crippen LogP contribution in [0.15, 0.2) is 0 Å². The van der Waals surface area contributed by atoms with Crippen LogP contribution in [0.4, 0.5) is 0 Å². The lowest BCUT2D eigenvalue weighted by molar-refractivity contribution is -0.125. The lowest BCUT2D eigenvalue weighted by Gasteiger charge is -2.30. The van der Waals surface area contributed by atoms with Crippen molar-refractivity contribution in [2.45, 2.75) is 32.7 Å². The molecule has 88 valence electrons. The van der Waals surface area contributed by atoms with Crippen molar-refractivity contribution in [3.8, 4) is 0 Å². The Hall–Kier alpha value is -0.610. The van der Waals surface area contributed by atoms with Gasteiger partial charge in [-0.2, -0.15) is 0 Å². The van der Waals surface area contributed by atoms with Crippen molar-refractivity contribution in [3.05, 3.63) is 0 Å². The van der Waals surface area contributed by atoms with Crippen LogP contribution in [0.3, 0.4) is 0 Å². The summed E-state index contributed by atoms with van der Waals surface area (Å²) in [5, 5.41) is 6.32. The fourth-order valence-corrected chi connectivity index (χ4v) is 1.86. The molecule has 0 spiro atoms. The first-order valence-corrected chi connectivity index (χ1v) is 5.82. The monoisotopic (exact) mass is 214 g/mol. The molecule has 1 rings (SSSR count). The van der Waals surface area contributed by atoms with Gasteiger partial charge in [-0.05, 0) is 32.2 Å². The highest BCUT2D eigenvalue weighted by molar-refractivity contribution is 5.77. The molecule has 0 aromatic heterocycles. The zero-order chi connectivity index (χ0) is 11.1. The van der Waals surface area contributed by atoms with Crippen LogP contribution in [0.1, 0.15) is 26.7 Å². The molecule has 1 heterocycles. The van der Waals surface area contributed by atoms with Crippen molar-refractivity contribution in [2.75, 3.05) is 26.3 Å². The minimum Gasteiger partial charge on any atom is -0.372 e. The Morgan fingerprint density at radius 2 is 2.40 bits per heavy atom. The number of piperidine rings is 1. The van der Waals surface area contributed by atoms with Crippen molar-refractivity contribution >= 4 is 5.91 Å². The molecule has 0 radical (unpaired) electrons. The summed E-state index contributed by atoms with van der Waals surface area (Å²) in [4.78, 5) is 11.3. The average molecular weight is 214 g/mol. The third-order valence-corrected chi connectivity index (χ3v) is 2.89. The normalized spacial score (nSPS) is 26.3. The quantitative estimate of drug-likeness (QED) is 0.702. The molecule has 2 unspecified atom stereocenters.